The van der Waals surface area contributed by atoms with Crippen molar-refractivity contribution in [3.8, 4) is 5.75 Å². The monoisotopic (exact) mass is 246 g/mol. The predicted molar refractivity (Wildman–Crippen MR) is 74.6 cm³/mol. The number of benzene rings is 1. The fourth-order valence-corrected chi connectivity index (χ4v) is 2.74. The number of ether oxygens (including phenoxy) is 1. The minimum absolute atomic E-state index is 0.190. The molecule has 0 radical (unpaired) electrons. The fourth-order valence-electron chi connectivity index (χ4n) is 2.74. The molecule has 3 nitrogen and oxygen atoms in total. The van der Waals surface area contributed by atoms with E-state index in [4.69, 9.17) is 4.74 Å². The van der Waals surface area contributed by atoms with E-state index in [-0.39, 0.29) is 5.41 Å². The first kappa shape index (κ1) is 11.8. The van der Waals surface area contributed by atoms with Gasteiger partial charge in [-0.3, -0.25) is 0 Å². The number of hydrogen-bond acceptors (Lipinski definition) is 3. The first-order chi connectivity index (χ1) is 8.55. The van der Waals surface area contributed by atoms with Crippen LogP contribution in [0.25, 0.3) is 0 Å². The molecule has 1 fully saturated rings. The average Bonchev–Trinajstić information content (AvgIpc) is 2.37. The highest BCUT2D eigenvalue weighted by atomic mass is 16.5. The first-order valence-electron chi connectivity index (χ1n) is 6.80. The lowest BCUT2D eigenvalue weighted by atomic mass is 9.86. The Bertz CT molecular complexity index is 450. The molecule has 98 valence electrons. The van der Waals surface area contributed by atoms with Crippen LogP contribution in [0.4, 0.5) is 5.69 Å². The summed E-state index contributed by atoms with van der Waals surface area (Å²) in [5, 5.41) is 3.44. The van der Waals surface area contributed by atoms with Crippen LogP contribution < -0.4 is 15.0 Å². The van der Waals surface area contributed by atoms with Gasteiger partial charge in [0.2, 0.25) is 0 Å². The standard InChI is InChI=1S/C15H22N2O/c1-15(2,3)11-4-5-14-13(8-11)17-7-6-16-9-12(17)10-18-14/h4-5,8,12,16H,6-7,9-10H2,1-3H3. The van der Waals surface area contributed by atoms with Crippen LogP contribution in [0.1, 0.15) is 26.3 Å². The van der Waals surface area contributed by atoms with Crippen molar-refractivity contribution in [1.29, 1.82) is 0 Å². The fraction of sp³-hybridized carbons (Fsp3) is 0.600. The Morgan fingerprint density at radius 3 is 2.94 bits per heavy atom. The Labute approximate surface area is 109 Å². The lowest BCUT2D eigenvalue weighted by molar-refractivity contribution is 0.247. The van der Waals surface area contributed by atoms with E-state index in [0.717, 1.165) is 32.0 Å². The molecule has 1 atom stereocenters. The molecule has 2 aliphatic heterocycles. The van der Waals surface area contributed by atoms with Crippen LogP contribution in [0, 0.1) is 0 Å². The highest BCUT2D eigenvalue weighted by Gasteiger charge is 2.30. The Balaban J connectivity index is 2.00. The van der Waals surface area contributed by atoms with Gasteiger partial charge in [0.15, 0.2) is 0 Å². The zero-order valence-corrected chi connectivity index (χ0v) is 11.5. The van der Waals surface area contributed by atoms with Crippen molar-refractivity contribution in [1.82, 2.24) is 5.32 Å². The summed E-state index contributed by atoms with van der Waals surface area (Å²) in [6.07, 6.45) is 0. The number of fused-ring (bicyclic) bond motifs is 3. The lowest BCUT2D eigenvalue weighted by Crippen LogP contribution is -2.55. The van der Waals surface area contributed by atoms with Gasteiger partial charge < -0.3 is 15.0 Å². The van der Waals surface area contributed by atoms with Gasteiger partial charge in [-0.1, -0.05) is 26.8 Å². The molecule has 0 spiro atoms. The summed E-state index contributed by atoms with van der Waals surface area (Å²) in [7, 11) is 0. The minimum atomic E-state index is 0.190. The van der Waals surface area contributed by atoms with Crippen molar-refractivity contribution in [2.24, 2.45) is 0 Å². The number of hydrogen-bond donors (Lipinski definition) is 1. The summed E-state index contributed by atoms with van der Waals surface area (Å²) in [4.78, 5) is 2.50. The van der Waals surface area contributed by atoms with E-state index in [9.17, 15) is 0 Å². The van der Waals surface area contributed by atoms with Gasteiger partial charge >= 0.3 is 0 Å². The van der Waals surface area contributed by atoms with Gasteiger partial charge in [-0.05, 0) is 23.1 Å². The molecule has 3 heteroatoms. The normalized spacial score (nSPS) is 23.1. The van der Waals surface area contributed by atoms with Crippen LogP contribution in [0.5, 0.6) is 5.75 Å². The van der Waals surface area contributed by atoms with E-state index in [1.165, 1.54) is 11.3 Å². The third-order valence-electron chi connectivity index (χ3n) is 3.92. The quantitative estimate of drug-likeness (QED) is 0.759. The summed E-state index contributed by atoms with van der Waals surface area (Å²) < 4.78 is 5.88. The Morgan fingerprint density at radius 1 is 1.33 bits per heavy atom. The van der Waals surface area contributed by atoms with Crippen molar-refractivity contribution in [2.45, 2.75) is 32.2 Å². The third-order valence-corrected chi connectivity index (χ3v) is 3.92. The molecule has 0 aliphatic carbocycles. The third kappa shape index (κ3) is 1.97. The van der Waals surface area contributed by atoms with Crippen molar-refractivity contribution >= 4 is 5.69 Å². The predicted octanol–water partition coefficient (Wildman–Crippen LogP) is 2.15. The summed E-state index contributed by atoms with van der Waals surface area (Å²) in [5.41, 5.74) is 2.85. The maximum absolute atomic E-state index is 5.88. The van der Waals surface area contributed by atoms with Crippen molar-refractivity contribution in [2.75, 3.05) is 31.1 Å². The molecular weight excluding hydrogens is 224 g/mol. The molecule has 3 rings (SSSR count). The Morgan fingerprint density at radius 2 is 2.17 bits per heavy atom. The van der Waals surface area contributed by atoms with Gasteiger partial charge in [-0.25, -0.2) is 0 Å². The van der Waals surface area contributed by atoms with Crippen LogP contribution in [0.15, 0.2) is 18.2 Å². The summed E-state index contributed by atoms with van der Waals surface area (Å²) in [5.74, 6) is 1.04. The van der Waals surface area contributed by atoms with Crippen LogP contribution in [-0.2, 0) is 5.41 Å². The van der Waals surface area contributed by atoms with E-state index in [0.29, 0.717) is 6.04 Å². The molecule has 1 N–H and O–H groups in total. The van der Waals surface area contributed by atoms with E-state index in [1.807, 2.05) is 0 Å². The molecule has 0 amide bonds. The van der Waals surface area contributed by atoms with E-state index in [1.54, 1.807) is 0 Å². The summed E-state index contributed by atoms with van der Waals surface area (Å²) in [6, 6.07) is 7.13. The summed E-state index contributed by atoms with van der Waals surface area (Å²) >= 11 is 0. The Hall–Kier alpha value is -1.22. The van der Waals surface area contributed by atoms with Crippen molar-refractivity contribution in [3.63, 3.8) is 0 Å². The zero-order chi connectivity index (χ0) is 12.8. The van der Waals surface area contributed by atoms with Crippen molar-refractivity contribution in [3.05, 3.63) is 23.8 Å². The second-order valence-electron chi connectivity index (χ2n) is 6.29. The van der Waals surface area contributed by atoms with Crippen LogP contribution in [-0.4, -0.2) is 32.3 Å². The Kier molecular flexibility index (Phi) is 2.74. The largest absolute Gasteiger partial charge is 0.489 e. The SMILES string of the molecule is CC(C)(C)c1ccc2c(c1)N1CCNCC1CO2. The molecule has 1 unspecified atom stereocenters. The van der Waals surface area contributed by atoms with Gasteiger partial charge in [-0.2, -0.15) is 0 Å². The smallest absolute Gasteiger partial charge is 0.142 e. The van der Waals surface area contributed by atoms with Gasteiger partial charge in [0.1, 0.15) is 12.4 Å². The highest BCUT2D eigenvalue weighted by Crippen LogP contribution is 2.37. The maximum Gasteiger partial charge on any atom is 0.142 e. The molecular formula is C15H22N2O. The second kappa shape index (κ2) is 4.16. The molecule has 0 aromatic heterocycles. The molecule has 2 aliphatic rings. The van der Waals surface area contributed by atoms with Crippen LogP contribution in [0.2, 0.25) is 0 Å². The molecule has 0 bridgehead atoms. The molecule has 1 aromatic carbocycles. The number of rotatable bonds is 0. The van der Waals surface area contributed by atoms with Crippen LogP contribution >= 0.6 is 0 Å². The van der Waals surface area contributed by atoms with Gasteiger partial charge in [0.25, 0.3) is 0 Å². The molecule has 1 saturated heterocycles. The molecule has 18 heavy (non-hydrogen) atoms. The summed E-state index contributed by atoms with van der Waals surface area (Å²) in [6.45, 7) is 10.7. The van der Waals surface area contributed by atoms with Crippen molar-refractivity contribution < 1.29 is 4.74 Å². The highest BCUT2D eigenvalue weighted by molar-refractivity contribution is 5.63. The number of nitrogens with zero attached hydrogens (tertiary/aromatic N) is 1. The van der Waals surface area contributed by atoms with E-state index < -0.39 is 0 Å². The number of nitrogens with one attached hydrogen (secondary N) is 1. The maximum atomic E-state index is 5.88. The van der Waals surface area contributed by atoms with Crippen LogP contribution in [0.3, 0.4) is 0 Å². The topological polar surface area (TPSA) is 24.5 Å². The molecule has 2 heterocycles. The number of anilines is 1. The first-order valence-corrected chi connectivity index (χ1v) is 6.80. The second-order valence-corrected chi connectivity index (χ2v) is 6.29. The average molecular weight is 246 g/mol. The number of piperazine rings is 1. The van der Waals surface area contributed by atoms with Gasteiger partial charge in [0.05, 0.1) is 11.7 Å². The lowest BCUT2D eigenvalue weighted by Gasteiger charge is -2.42. The van der Waals surface area contributed by atoms with Gasteiger partial charge in [0, 0.05) is 19.6 Å². The van der Waals surface area contributed by atoms with E-state index in [2.05, 4.69) is 49.2 Å². The van der Waals surface area contributed by atoms with Gasteiger partial charge in [-0.15, -0.1) is 0 Å². The zero-order valence-electron chi connectivity index (χ0n) is 11.5. The molecule has 1 aromatic rings. The van der Waals surface area contributed by atoms with E-state index >= 15 is 0 Å². The minimum Gasteiger partial charge on any atom is -0.489 e. The molecule has 0 saturated carbocycles.